The van der Waals surface area contributed by atoms with E-state index in [2.05, 4.69) is 49.5 Å². The van der Waals surface area contributed by atoms with Crippen molar-refractivity contribution in [3.63, 3.8) is 0 Å². The number of carboxylic acid groups (broad SMARTS) is 1. The molecule has 26 nitrogen and oxygen atoms in total. The van der Waals surface area contributed by atoms with Crippen LogP contribution in [0.25, 0.3) is 0 Å². The molecule has 1 fully saturated rings. The van der Waals surface area contributed by atoms with Gasteiger partial charge < -0.3 is 78.5 Å². The fourth-order valence-electron chi connectivity index (χ4n) is 8.37. The first-order valence-corrected chi connectivity index (χ1v) is 27.0. The summed E-state index contributed by atoms with van der Waals surface area (Å²) in [6.07, 6.45) is 7.06. The van der Waals surface area contributed by atoms with Gasteiger partial charge in [0.15, 0.2) is 11.6 Å². The number of nitrogens with two attached hydrogens (primary N) is 1. The Kier molecular flexibility index (Phi) is 35.7. The smallest absolute Gasteiger partial charge is 0.303 e. The van der Waals surface area contributed by atoms with E-state index in [0.717, 1.165) is 45.4 Å². The van der Waals surface area contributed by atoms with Crippen molar-refractivity contribution in [1.82, 2.24) is 42.5 Å². The summed E-state index contributed by atoms with van der Waals surface area (Å²) in [7, 11) is 0. The number of aliphatic carboxylic acids is 1. The number of rotatable bonds is 23. The molecular formula is C51H89N9O17. The predicted molar refractivity (Wildman–Crippen MR) is 279 cm³/mol. The summed E-state index contributed by atoms with van der Waals surface area (Å²) in [6, 6.07) is -10.6. The molecular weight excluding hydrogens is 1010 g/mol. The van der Waals surface area contributed by atoms with Gasteiger partial charge in [-0.05, 0) is 44.9 Å². The molecule has 0 aliphatic carbocycles. The van der Waals surface area contributed by atoms with E-state index in [4.69, 9.17) is 10.5 Å². The number of aliphatic hydroxyl groups excluding tert-OH is 4. The molecule has 8 amide bonds. The van der Waals surface area contributed by atoms with Crippen LogP contribution in [0.2, 0.25) is 0 Å². The van der Waals surface area contributed by atoms with E-state index in [0.29, 0.717) is 0 Å². The van der Waals surface area contributed by atoms with Crippen molar-refractivity contribution < 1.29 is 83.0 Å². The highest BCUT2D eigenvalue weighted by atomic mass is 16.5. The molecule has 0 radical (unpaired) electrons. The monoisotopic (exact) mass is 1100 g/mol. The van der Waals surface area contributed by atoms with Crippen LogP contribution >= 0.6 is 0 Å². The number of nitrogens with one attached hydrogen (secondary N) is 8. The van der Waals surface area contributed by atoms with E-state index in [9.17, 15) is 78.3 Å². The molecule has 1 heterocycles. The van der Waals surface area contributed by atoms with Gasteiger partial charge in [-0.15, -0.1) is 0 Å². The summed E-state index contributed by atoms with van der Waals surface area (Å²) in [5.41, 5.74) is 5.35. The maximum atomic E-state index is 13.6. The van der Waals surface area contributed by atoms with E-state index in [1.54, 1.807) is 0 Å². The van der Waals surface area contributed by atoms with E-state index >= 15 is 0 Å². The van der Waals surface area contributed by atoms with Gasteiger partial charge in [-0.2, -0.15) is 0 Å². The van der Waals surface area contributed by atoms with Crippen LogP contribution in [0.1, 0.15) is 150 Å². The van der Waals surface area contributed by atoms with Crippen LogP contribution in [0.3, 0.4) is 0 Å². The standard InChI is InChI=1S/C51H89N9O17/c1-5-6-7-8-9-10-11-12-13-14-15-31(2)34-26-43(68)55-32(3)46(71)57-38(20-24-62)48(73)58-37(16-17-44(69)70)47(72)54-28-35(65)18-22-53-40(29-63)50(75)59-39(27-42(52)67)49(74)60-45(33(4)64)51(76)56-36(19-23-61)41(66)21-25-77-30-34/h31-34,36-40,45,53,61-64H,5-30H2,1-4H3,(H2,52,67)(H,54,72)(H,55,68)(H,56,76)(H,57,71)(H,58,73)(H,59,75)(H,60,74)(H,69,70)/t31?,32-,33-,34?,36?,37-,38?,39+,40-,45+/m0/s1. The Hall–Kier alpha value is -5.67. The number of aliphatic hydroxyl groups is 4. The minimum absolute atomic E-state index is 0.00495. The maximum Gasteiger partial charge on any atom is 0.303 e. The second-order valence-corrected chi connectivity index (χ2v) is 19.8. The summed E-state index contributed by atoms with van der Waals surface area (Å²) < 4.78 is 5.96. The van der Waals surface area contributed by atoms with Gasteiger partial charge in [0.05, 0.1) is 44.9 Å². The number of hydrogen-bond donors (Lipinski definition) is 14. The van der Waals surface area contributed by atoms with Crippen molar-refractivity contribution in [2.45, 2.75) is 198 Å². The fraction of sp³-hybridized carbons (Fsp3) is 0.784. The van der Waals surface area contributed by atoms with E-state index in [-0.39, 0.29) is 57.8 Å². The minimum Gasteiger partial charge on any atom is -0.481 e. The SMILES string of the molecule is CCCCCCCCCCCCC(C)C1COCCC(=O)C(CCO)NC(=O)[C@@H]([C@H](C)O)NC(=O)[C@@H](CC(N)=O)NC(=O)[C@H](CO)NCCC(=O)CNC(=O)[C@H](CCC(=O)O)NC(=O)C(CCO)NC(=O)[C@H](C)NC(=O)C1. The van der Waals surface area contributed by atoms with Crippen molar-refractivity contribution in [1.29, 1.82) is 0 Å². The first-order valence-electron chi connectivity index (χ1n) is 27.0. The quantitative estimate of drug-likeness (QED) is 0.0482. The lowest BCUT2D eigenvalue weighted by Gasteiger charge is -2.27. The number of ether oxygens (including phenoxy) is 1. The highest BCUT2D eigenvalue weighted by molar-refractivity contribution is 5.98. The summed E-state index contributed by atoms with van der Waals surface area (Å²) >= 11 is 0. The molecule has 1 rings (SSSR count). The van der Waals surface area contributed by atoms with Gasteiger partial charge in [-0.3, -0.25) is 52.7 Å². The van der Waals surface area contributed by atoms with Crippen LogP contribution in [0.15, 0.2) is 0 Å². The zero-order chi connectivity index (χ0) is 57.9. The number of carboxylic acids is 1. The Morgan fingerprint density at radius 1 is 0.662 bits per heavy atom. The average molecular weight is 1100 g/mol. The number of Topliss-reactive ketones (excluding diaryl/α,β-unsaturated/α-hetero) is 2. The molecule has 1 aliphatic heterocycles. The molecule has 15 N–H and O–H groups in total. The number of unbranched alkanes of at least 4 members (excludes halogenated alkanes) is 9. The van der Waals surface area contributed by atoms with Crippen LogP contribution < -0.4 is 48.3 Å². The largest absolute Gasteiger partial charge is 0.481 e. The van der Waals surface area contributed by atoms with Crippen molar-refractivity contribution in [3.8, 4) is 0 Å². The number of hydrogen-bond acceptors (Lipinski definition) is 17. The number of amides is 8. The molecule has 4 unspecified atom stereocenters. The Labute approximate surface area is 451 Å². The van der Waals surface area contributed by atoms with Crippen molar-refractivity contribution in [2.24, 2.45) is 17.6 Å². The molecule has 77 heavy (non-hydrogen) atoms. The molecule has 10 atom stereocenters. The normalized spacial score (nSPS) is 25.2. The molecule has 0 aromatic rings. The topological polar surface area (TPSA) is 420 Å². The van der Waals surface area contributed by atoms with Gasteiger partial charge >= 0.3 is 5.97 Å². The highest BCUT2D eigenvalue weighted by Gasteiger charge is 2.35. The summed E-state index contributed by atoms with van der Waals surface area (Å²) in [6.45, 7) is 3.44. The van der Waals surface area contributed by atoms with Crippen molar-refractivity contribution in [3.05, 3.63) is 0 Å². The van der Waals surface area contributed by atoms with Gasteiger partial charge in [0, 0.05) is 45.4 Å². The lowest BCUT2D eigenvalue weighted by Crippen LogP contribution is -2.60. The van der Waals surface area contributed by atoms with Gasteiger partial charge in [0.25, 0.3) is 0 Å². The molecule has 0 saturated carbocycles. The van der Waals surface area contributed by atoms with Crippen molar-refractivity contribution >= 4 is 64.8 Å². The van der Waals surface area contributed by atoms with Gasteiger partial charge in [-0.1, -0.05) is 84.5 Å². The van der Waals surface area contributed by atoms with Crippen LogP contribution in [-0.2, 0) is 57.5 Å². The third kappa shape index (κ3) is 29.6. The molecule has 26 heteroatoms. The Balaban J connectivity index is 3.53. The van der Waals surface area contributed by atoms with Crippen LogP contribution in [-0.4, -0.2) is 185 Å². The molecule has 0 aromatic carbocycles. The fourth-order valence-corrected chi connectivity index (χ4v) is 8.37. The molecule has 0 bridgehead atoms. The molecule has 440 valence electrons. The lowest BCUT2D eigenvalue weighted by molar-refractivity contribution is -0.138. The minimum atomic E-state index is -1.78. The summed E-state index contributed by atoms with van der Waals surface area (Å²) in [4.78, 5) is 144. The van der Waals surface area contributed by atoms with Gasteiger partial charge in [0.1, 0.15) is 36.3 Å². The molecule has 1 aliphatic rings. The Bertz CT molecular complexity index is 1890. The molecule has 0 spiro atoms. The average Bonchev–Trinajstić information content (AvgIpc) is 3.37. The Morgan fingerprint density at radius 2 is 1.21 bits per heavy atom. The van der Waals surface area contributed by atoms with Gasteiger partial charge in [0.2, 0.25) is 47.3 Å². The van der Waals surface area contributed by atoms with E-state index < -0.39 is 165 Å². The molecule has 1 saturated heterocycles. The number of primary amides is 1. The number of carbonyl (C=O) groups excluding carboxylic acids is 10. The second-order valence-electron chi connectivity index (χ2n) is 19.8. The Morgan fingerprint density at radius 3 is 1.79 bits per heavy atom. The summed E-state index contributed by atoms with van der Waals surface area (Å²) in [5, 5.41) is 68.8. The third-order valence-corrected chi connectivity index (χ3v) is 13.2. The van der Waals surface area contributed by atoms with Crippen LogP contribution in [0, 0.1) is 11.8 Å². The predicted octanol–water partition coefficient (Wildman–Crippen LogP) is -2.23. The first-order chi connectivity index (χ1) is 36.6. The highest BCUT2D eigenvalue weighted by Crippen LogP contribution is 2.24. The van der Waals surface area contributed by atoms with E-state index in [1.165, 1.54) is 39.0 Å². The number of carbonyl (C=O) groups is 11. The van der Waals surface area contributed by atoms with Crippen LogP contribution in [0.4, 0.5) is 0 Å². The maximum absolute atomic E-state index is 13.6. The zero-order valence-electron chi connectivity index (χ0n) is 45.4. The molecule has 0 aromatic heterocycles. The van der Waals surface area contributed by atoms with E-state index in [1.807, 2.05) is 6.92 Å². The van der Waals surface area contributed by atoms with Crippen LogP contribution in [0.5, 0.6) is 0 Å². The third-order valence-electron chi connectivity index (χ3n) is 13.2. The zero-order valence-corrected chi connectivity index (χ0v) is 45.4. The lowest BCUT2D eigenvalue weighted by atomic mass is 9.87. The first kappa shape index (κ1) is 69.3. The number of ketones is 2. The van der Waals surface area contributed by atoms with Crippen molar-refractivity contribution in [2.75, 3.05) is 46.1 Å². The summed E-state index contributed by atoms with van der Waals surface area (Å²) in [5.74, 6) is -10.8. The second kappa shape index (κ2) is 39.7. The van der Waals surface area contributed by atoms with Gasteiger partial charge in [-0.25, -0.2) is 0 Å².